The number of rotatable bonds is 3. The fraction of sp³-hybridized carbons (Fsp3) is 0.429. The van der Waals surface area contributed by atoms with Crippen LogP contribution in [-0.4, -0.2) is 59.7 Å². The van der Waals surface area contributed by atoms with Crippen molar-refractivity contribution in [1.29, 1.82) is 0 Å². The molecule has 6 nitrogen and oxygen atoms in total. The summed E-state index contributed by atoms with van der Waals surface area (Å²) in [6.45, 7) is 3.44. The summed E-state index contributed by atoms with van der Waals surface area (Å²) in [6, 6.07) is 5.34. The Balaban J connectivity index is 1.59. The van der Waals surface area contributed by atoms with Crippen LogP contribution in [0.4, 0.5) is 5.69 Å². The molecule has 2 N–H and O–H groups in total. The Morgan fingerprint density at radius 2 is 2.14 bits per heavy atom. The first-order valence-corrected chi connectivity index (χ1v) is 7.85. The van der Waals surface area contributed by atoms with Crippen molar-refractivity contribution < 1.29 is 9.21 Å². The number of piperazine rings is 1. The van der Waals surface area contributed by atoms with Gasteiger partial charge in [-0.2, -0.15) is 0 Å². The van der Waals surface area contributed by atoms with Gasteiger partial charge in [-0.05, 0) is 25.2 Å². The first kappa shape index (κ1) is 14.2. The van der Waals surface area contributed by atoms with Crippen molar-refractivity contribution in [2.75, 3.05) is 44.7 Å². The molecule has 0 saturated carbocycles. The second-order valence-corrected chi connectivity index (χ2v) is 6.11. The van der Waals surface area contributed by atoms with E-state index >= 15 is 0 Å². The number of thioether (sulfide) groups is 1. The van der Waals surface area contributed by atoms with Gasteiger partial charge in [-0.25, -0.2) is 4.98 Å². The van der Waals surface area contributed by atoms with Gasteiger partial charge < -0.3 is 20.0 Å². The predicted molar refractivity (Wildman–Crippen MR) is 83.2 cm³/mol. The summed E-state index contributed by atoms with van der Waals surface area (Å²) in [5.74, 6) is 0.487. The van der Waals surface area contributed by atoms with Gasteiger partial charge in [0, 0.05) is 31.9 Å². The highest BCUT2D eigenvalue weighted by Crippen LogP contribution is 2.25. The largest absolute Gasteiger partial charge is 0.431 e. The van der Waals surface area contributed by atoms with Crippen LogP contribution in [0.25, 0.3) is 11.1 Å². The van der Waals surface area contributed by atoms with E-state index in [0.717, 1.165) is 31.7 Å². The van der Waals surface area contributed by atoms with Crippen LogP contribution >= 0.6 is 11.8 Å². The number of nitrogen functional groups attached to an aromatic ring is 1. The minimum Gasteiger partial charge on any atom is -0.431 e. The number of amides is 1. The number of carbonyl (C=O) groups is 1. The molecule has 1 aromatic carbocycles. The van der Waals surface area contributed by atoms with E-state index in [1.807, 2.05) is 4.90 Å². The van der Waals surface area contributed by atoms with E-state index in [1.54, 1.807) is 18.2 Å². The van der Waals surface area contributed by atoms with Crippen molar-refractivity contribution >= 4 is 34.5 Å². The zero-order chi connectivity index (χ0) is 14.8. The third-order valence-corrected chi connectivity index (χ3v) is 4.38. The van der Waals surface area contributed by atoms with Gasteiger partial charge in [0.2, 0.25) is 5.91 Å². The first-order valence-electron chi connectivity index (χ1n) is 6.87. The average molecular weight is 306 g/mol. The topological polar surface area (TPSA) is 75.6 Å². The number of nitrogens with two attached hydrogens (primary N) is 1. The molecule has 3 rings (SSSR count). The minimum absolute atomic E-state index is 0.134. The van der Waals surface area contributed by atoms with Crippen molar-refractivity contribution in [2.45, 2.75) is 5.22 Å². The standard InChI is InChI=1S/C14H18N4O2S/c1-17-4-6-18(7-5-17)13(19)9-21-14-16-11-8-10(15)2-3-12(11)20-14/h2-3,8H,4-7,9,15H2,1H3. The van der Waals surface area contributed by atoms with Crippen molar-refractivity contribution in [1.82, 2.24) is 14.8 Å². The molecule has 21 heavy (non-hydrogen) atoms. The number of fused-ring (bicyclic) bond motifs is 1. The number of aromatic nitrogens is 1. The summed E-state index contributed by atoms with van der Waals surface area (Å²) < 4.78 is 5.60. The number of likely N-dealkylation sites (N-methyl/N-ethyl adjacent to an activating group) is 1. The summed E-state index contributed by atoms with van der Waals surface area (Å²) in [7, 11) is 2.07. The summed E-state index contributed by atoms with van der Waals surface area (Å²) in [6.07, 6.45) is 0. The molecule has 0 atom stereocenters. The van der Waals surface area contributed by atoms with Crippen LogP contribution in [0, 0.1) is 0 Å². The van der Waals surface area contributed by atoms with Gasteiger partial charge in [-0.15, -0.1) is 0 Å². The monoisotopic (exact) mass is 306 g/mol. The molecule has 7 heteroatoms. The lowest BCUT2D eigenvalue weighted by molar-refractivity contribution is -0.129. The molecular weight excluding hydrogens is 288 g/mol. The molecule has 1 amide bonds. The third kappa shape index (κ3) is 3.30. The molecule has 2 aromatic rings. The number of hydrogen-bond donors (Lipinski definition) is 1. The molecule has 0 spiro atoms. The van der Waals surface area contributed by atoms with E-state index in [0.29, 0.717) is 22.2 Å². The molecule has 0 radical (unpaired) electrons. The Morgan fingerprint density at radius 3 is 2.90 bits per heavy atom. The first-order chi connectivity index (χ1) is 10.1. The van der Waals surface area contributed by atoms with E-state index in [1.165, 1.54) is 11.8 Å². The van der Waals surface area contributed by atoms with Crippen LogP contribution in [0.3, 0.4) is 0 Å². The van der Waals surface area contributed by atoms with Crippen molar-refractivity contribution in [3.05, 3.63) is 18.2 Å². The maximum Gasteiger partial charge on any atom is 0.257 e. The Hall–Kier alpha value is -1.73. The molecule has 112 valence electrons. The Labute approximate surface area is 127 Å². The maximum absolute atomic E-state index is 12.1. The Bertz CT molecular complexity index is 649. The van der Waals surface area contributed by atoms with Crippen LogP contribution in [0.5, 0.6) is 0 Å². The molecule has 1 saturated heterocycles. The summed E-state index contributed by atoms with van der Waals surface area (Å²) in [4.78, 5) is 20.6. The van der Waals surface area contributed by atoms with Crippen molar-refractivity contribution in [3.63, 3.8) is 0 Å². The highest BCUT2D eigenvalue weighted by atomic mass is 32.2. The van der Waals surface area contributed by atoms with Crippen LogP contribution in [0.1, 0.15) is 0 Å². The maximum atomic E-state index is 12.1. The number of oxazole rings is 1. The summed E-state index contributed by atoms with van der Waals surface area (Å²) in [5, 5.41) is 0.512. The molecule has 2 heterocycles. The number of anilines is 1. The lowest BCUT2D eigenvalue weighted by atomic mass is 10.3. The van der Waals surface area contributed by atoms with E-state index in [2.05, 4.69) is 16.9 Å². The van der Waals surface area contributed by atoms with Crippen molar-refractivity contribution in [3.8, 4) is 0 Å². The van der Waals surface area contributed by atoms with E-state index in [9.17, 15) is 4.79 Å². The molecular formula is C14H18N4O2S. The predicted octanol–water partition coefficient (Wildman–Crippen LogP) is 1.28. The van der Waals surface area contributed by atoms with E-state index in [-0.39, 0.29) is 5.91 Å². The molecule has 0 unspecified atom stereocenters. The Kier molecular flexibility index (Phi) is 4.03. The molecule has 1 aromatic heterocycles. The molecule has 0 bridgehead atoms. The average Bonchev–Trinajstić information content (AvgIpc) is 2.87. The number of carbonyl (C=O) groups excluding carboxylic acids is 1. The van der Waals surface area contributed by atoms with Gasteiger partial charge in [-0.3, -0.25) is 4.79 Å². The zero-order valence-electron chi connectivity index (χ0n) is 11.9. The van der Waals surface area contributed by atoms with Gasteiger partial charge >= 0.3 is 0 Å². The van der Waals surface area contributed by atoms with Crippen LogP contribution in [-0.2, 0) is 4.79 Å². The van der Waals surface area contributed by atoms with E-state index in [4.69, 9.17) is 10.2 Å². The molecule has 1 aliphatic heterocycles. The second-order valence-electron chi connectivity index (χ2n) is 5.18. The van der Waals surface area contributed by atoms with Gasteiger partial charge in [-0.1, -0.05) is 11.8 Å². The molecule has 0 aliphatic carbocycles. The van der Waals surface area contributed by atoms with Crippen LogP contribution < -0.4 is 5.73 Å². The minimum atomic E-state index is 0.134. The fourth-order valence-electron chi connectivity index (χ4n) is 2.26. The Morgan fingerprint density at radius 1 is 1.38 bits per heavy atom. The fourth-order valence-corrected chi connectivity index (χ4v) is 3.00. The number of nitrogens with zero attached hydrogens (tertiary/aromatic N) is 3. The van der Waals surface area contributed by atoms with Gasteiger partial charge in [0.05, 0.1) is 5.75 Å². The summed E-state index contributed by atoms with van der Waals surface area (Å²) in [5.41, 5.74) is 7.78. The SMILES string of the molecule is CN1CCN(C(=O)CSc2nc3cc(N)ccc3o2)CC1. The smallest absolute Gasteiger partial charge is 0.257 e. The highest BCUT2D eigenvalue weighted by Gasteiger charge is 2.19. The lowest BCUT2D eigenvalue weighted by Gasteiger charge is -2.32. The number of hydrogen-bond acceptors (Lipinski definition) is 6. The van der Waals surface area contributed by atoms with Gasteiger partial charge in [0.1, 0.15) is 5.52 Å². The lowest BCUT2D eigenvalue weighted by Crippen LogP contribution is -2.47. The second kappa shape index (κ2) is 5.95. The van der Waals surface area contributed by atoms with Crippen molar-refractivity contribution in [2.24, 2.45) is 0 Å². The third-order valence-electron chi connectivity index (χ3n) is 3.57. The zero-order valence-corrected chi connectivity index (χ0v) is 12.7. The van der Waals surface area contributed by atoms with Gasteiger partial charge in [0.25, 0.3) is 5.22 Å². The van der Waals surface area contributed by atoms with Crippen LogP contribution in [0.15, 0.2) is 27.8 Å². The quantitative estimate of drug-likeness (QED) is 0.680. The highest BCUT2D eigenvalue weighted by molar-refractivity contribution is 7.99. The summed E-state index contributed by atoms with van der Waals surface area (Å²) >= 11 is 1.33. The van der Waals surface area contributed by atoms with Crippen LogP contribution in [0.2, 0.25) is 0 Å². The van der Waals surface area contributed by atoms with E-state index < -0.39 is 0 Å². The van der Waals surface area contributed by atoms with Gasteiger partial charge in [0.15, 0.2) is 5.58 Å². The molecule has 1 fully saturated rings. The number of benzene rings is 1. The normalized spacial score (nSPS) is 16.5. The molecule has 1 aliphatic rings.